The van der Waals surface area contributed by atoms with E-state index in [9.17, 15) is 58.5 Å². The van der Waals surface area contributed by atoms with Gasteiger partial charge in [0.25, 0.3) is 0 Å². The van der Waals surface area contributed by atoms with Crippen LogP contribution in [0.5, 0.6) is 11.5 Å². The van der Waals surface area contributed by atoms with Crippen LogP contribution in [0.2, 0.25) is 5.02 Å². The zero-order valence-electron chi connectivity index (χ0n) is 44.0. The van der Waals surface area contributed by atoms with Gasteiger partial charge in [0.2, 0.25) is 53.2 Å². The van der Waals surface area contributed by atoms with Crippen molar-refractivity contribution in [2.45, 2.75) is 106 Å². The zero-order chi connectivity index (χ0) is 58.6. The predicted molar refractivity (Wildman–Crippen MR) is 302 cm³/mol. The smallest absolute Gasteiger partial charge is 0.248 e. The standard InChI is InChI=1S/C54H68ClN11O12S2/c1-29(67)45-54(78)66(2)44(53(77)61-40(47(59)71)24-32-10-18-36(68)19-11-32)28-80-79-27-43(64-48(72)38(57)23-30-8-16-35(55)17-9-30)52(76)63-42(26-33-12-20-37(69)21-13-33)51(75)62-41(25-31-6-14-34(15-7-31)46(58)70)50(74)60-39(49(73)65-45)5-3-4-22-56/h6-21,29,38-45,67-69H,3-5,22-28,56-57H2,1-2H3,(H2,58,70)(H2,59,71)(H,60,74)(H,61,77)(H,62,75)(H,63,76)(H,64,72)(H,65,73)/t29?,38-,39-,40+,41+,42-,43+,44-,45?/m0/s1. The van der Waals surface area contributed by atoms with E-state index in [0.29, 0.717) is 33.7 Å². The minimum Gasteiger partial charge on any atom is -0.508 e. The van der Waals surface area contributed by atoms with Crippen molar-refractivity contribution in [3.8, 4) is 11.5 Å². The first-order valence-corrected chi connectivity index (χ1v) is 28.3. The number of unbranched alkanes of at least 4 members (excludes halogenated alkanes) is 1. The summed E-state index contributed by atoms with van der Waals surface area (Å²) in [6, 6.07) is 12.3. The number of primary amides is 2. The summed E-state index contributed by atoms with van der Waals surface area (Å²) in [7, 11) is 3.18. The summed E-state index contributed by atoms with van der Waals surface area (Å²) in [6.45, 7) is 1.43. The van der Waals surface area contributed by atoms with Crippen LogP contribution in [-0.2, 0) is 64.0 Å². The van der Waals surface area contributed by atoms with Gasteiger partial charge in [-0.1, -0.05) is 81.7 Å². The van der Waals surface area contributed by atoms with E-state index in [0.717, 1.165) is 26.5 Å². The van der Waals surface area contributed by atoms with Crippen molar-refractivity contribution in [3.63, 3.8) is 0 Å². The van der Waals surface area contributed by atoms with Crippen molar-refractivity contribution in [3.05, 3.63) is 130 Å². The number of aromatic hydroxyl groups is 2. The second-order valence-corrected chi connectivity index (χ2v) is 22.2. The summed E-state index contributed by atoms with van der Waals surface area (Å²) < 4.78 is 0. The molecule has 5 rings (SSSR count). The number of nitrogens with two attached hydrogens (primary N) is 4. The molecular weight excluding hydrogens is 1090 g/mol. The molecule has 0 spiro atoms. The Morgan fingerprint density at radius 2 is 1.18 bits per heavy atom. The Bertz CT molecular complexity index is 2800. The lowest BCUT2D eigenvalue weighted by Crippen LogP contribution is -2.62. The number of benzene rings is 4. The van der Waals surface area contributed by atoms with E-state index in [2.05, 4.69) is 31.9 Å². The highest BCUT2D eigenvalue weighted by Gasteiger charge is 2.39. The Kier molecular flexibility index (Phi) is 24.4. The minimum atomic E-state index is -1.75. The monoisotopic (exact) mass is 1160 g/mol. The number of phenolic OH excluding ortho intramolecular Hbond substituents is 2. The first-order chi connectivity index (χ1) is 38.0. The lowest BCUT2D eigenvalue weighted by atomic mass is 10.00. The Balaban J connectivity index is 1.60. The highest BCUT2D eigenvalue weighted by Crippen LogP contribution is 2.26. The molecule has 4 aromatic rings. The van der Waals surface area contributed by atoms with Crippen molar-refractivity contribution in [2.24, 2.45) is 22.9 Å². The summed E-state index contributed by atoms with van der Waals surface area (Å²) >= 11 is 6.08. The van der Waals surface area contributed by atoms with Crippen LogP contribution in [-0.4, -0.2) is 153 Å². The fourth-order valence-electron chi connectivity index (χ4n) is 8.30. The number of hydrogen-bond donors (Lipinski definition) is 13. The number of nitrogens with one attached hydrogen (secondary N) is 6. The predicted octanol–water partition coefficient (Wildman–Crippen LogP) is -0.426. The fourth-order valence-corrected chi connectivity index (χ4v) is 10.9. The largest absolute Gasteiger partial charge is 0.508 e. The molecule has 23 nitrogen and oxygen atoms in total. The molecule has 17 N–H and O–H groups in total. The van der Waals surface area contributed by atoms with Gasteiger partial charge in [-0.15, -0.1) is 0 Å². The number of nitrogens with zero attached hydrogens (tertiary/aromatic N) is 1. The Morgan fingerprint density at radius 1 is 0.688 bits per heavy atom. The third kappa shape index (κ3) is 19.4. The van der Waals surface area contributed by atoms with Gasteiger partial charge in [-0.25, -0.2) is 0 Å². The molecule has 0 aliphatic carbocycles. The van der Waals surface area contributed by atoms with Crippen LogP contribution in [0.3, 0.4) is 0 Å². The van der Waals surface area contributed by atoms with Crippen LogP contribution in [0.15, 0.2) is 97.1 Å². The van der Waals surface area contributed by atoms with Crippen molar-refractivity contribution in [1.29, 1.82) is 0 Å². The Morgan fingerprint density at radius 3 is 1.71 bits per heavy atom. The molecular formula is C54H68ClN11O12S2. The second kappa shape index (κ2) is 30.8. The first-order valence-electron chi connectivity index (χ1n) is 25.5. The molecule has 0 aromatic heterocycles. The summed E-state index contributed by atoms with van der Waals surface area (Å²) in [5.41, 5.74) is 25.6. The highest BCUT2D eigenvalue weighted by molar-refractivity contribution is 8.76. The third-order valence-corrected chi connectivity index (χ3v) is 15.6. The molecule has 9 atom stereocenters. The molecule has 80 heavy (non-hydrogen) atoms. The van der Waals surface area contributed by atoms with Gasteiger partial charge in [0.05, 0.1) is 12.1 Å². The Hall–Kier alpha value is -7.42. The number of hydrogen-bond acceptors (Lipinski definition) is 16. The lowest BCUT2D eigenvalue weighted by molar-refractivity contribution is -0.144. The van der Waals surface area contributed by atoms with Gasteiger partial charge in [0.1, 0.15) is 53.8 Å². The molecule has 1 heterocycles. The molecule has 2 unspecified atom stereocenters. The molecule has 1 aliphatic rings. The summed E-state index contributed by atoms with van der Waals surface area (Å²) in [4.78, 5) is 127. The molecule has 430 valence electrons. The van der Waals surface area contributed by atoms with Gasteiger partial charge in [0, 0.05) is 48.4 Å². The van der Waals surface area contributed by atoms with E-state index in [4.69, 9.17) is 34.5 Å². The molecule has 26 heteroatoms. The SMILES string of the molecule is CC(O)C1NC(=O)[C@H](CCCCN)NC(=O)[C@@H](Cc2ccc(C(N)=O)cc2)NC(=O)[C@H](Cc2ccc(O)cc2)NC(=O)[C@H](NC(=O)[C@@H](N)Cc2ccc(Cl)cc2)CSSC[C@@H](C(=O)N[C@H](Cc2ccc(O)cc2)C(N)=O)N(C)C1=O. The fraction of sp³-hybridized carbons (Fsp3) is 0.389. The number of phenols is 2. The average molecular weight is 1160 g/mol. The number of halogens is 1. The van der Waals surface area contributed by atoms with Crippen molar-refractivity contribution < 1.29 is 58.5 Å². The van der Waals surface area contributed by atoms with Crippen LogP contribution < -0.4 is 54.8 Å². The molecule has 1 saturated heterocycles. The van der Waals surface area contributed by atoms with Gasteiger partial charge in [0.15, 0.2) is 0 Å². The topological polar surface area (TPSA) is 394 Å². The summed E-state index contributed by atoms with van der Waals surface area (Å²) in [5, 5.41) is 47.5. The number of likely N-dealkylation sites (N-methyl/N-ethyl adjacent to an activating group) is 1. The molecule has 4 aromatic carbocycles. The molecule has 0 bridgehead atoms. The molecule has 0 saturated carbocycles. The maximum atomic E-state index is 14.8. The summed E-state index contributed by atoms with van der Waals surface area (Å²) in [5.74, 6) is -8.61. The molecule has 1 fully saturated rings. The van der Waals surface area contributed by atoms with Crippen LogP contribution >= 0.6 is 33.2 Å². The number of amides is 9. The number of aliphatic hydroxyl groups excluding tert-OH is 1. The molecule has 0 radical (unpaired) electrons. The van der Waals surface area contributed by atoms with Gasteiger partial charge in [-0.05, 0) is 110 Å². The maximum absolute atomic E-state index is 14.8. The second-order valence-electron chi connectivity index (χ2n) is 19.2. The van der Waals surface area contributed by atoms with E-state index in [-0.39, 0.29) is 73.6 Å². The normalized spacial score (nSPS) is 21.1. The number of aliphatic hydroxyl groups is 1. The first kappa shape index (κ1) is 63.4. The van der Waals surface area contributed by atoms with E-state index >= 15 is 0 Å². The lowest BCUT2D eigenvalue weighted by Gasteiger charge is -2.33. The van der Waals surface area contributed by atoms with E-state index in [1.165, 1.54) is 86.8 Å². The van der Waals surface area contributed by atoms with E-state index in [1.807, 2.05) is 0 Å². The van der Waals surface area contributed by atoms with Gasteiger partial charge < -0.3 is 75.1 Å². The number of rotatable bonds is 19. The average Bonchev–Trinajstić information content (AvgIpc) is 3.43. The van der Waals surface area contributed by atoms with E-state index in [1.54, 1.807) is 24.3 Å². The summed E-state index contributed by atoms with van der Waals surface area (Å²) in [6.07, 6.45) is -1.56. The van der Waals surface area contributed by atoms with Crippen LogP contribution in [0.25, 0.3) is 0 Å². The minimum absolute atomic E-state index is 0.0256. The van der Waals surface area contributed by atoms with Crippen molar-refractivity contribution in [2.75, 3.05) is 25.1 Å². The van der Waals surface area contributed by atoms with Gasteiger partial charge in [-0.3, -0.25) is 43.2 Å². The van der Waals surface area contributed by atoms with Crippen molar-refractivity contribution >= 4 is 86.4 Å². The zero-order valence-corrected chi connectivity index (χ0v) is 46.4. The van der Waals surface area contributed by atoms with Crippen LogP contribution in [0.1, 0.15) is 58.8 Å². The third-order valence-electron chi connectivity index (χ3n) is 13.0. The van der Waals surface area contributed by atoms with Crippen LogP contribution in [0, 0.1) is 0 Å². The van der Waals surface area contributed by atoms with Crippen LogP contribution in [0.4, 0.5) is 0 Å². The maximum Gasteiger partial charge on any atom is 0.248 e. The molecule has 9 amide bonds. The number of carbonyl (C=O) groups is 9. The quantitative estimate of drug-likeness (QED) is 0.0419. The Labute approximate surface area is 475 Å². The molecule has 1 aliphatic heterocycles. The van der Waals surface area contributed by atoms with Crippen molar-refractivity contribution in [1.82, 2.24) is 36.8 Å². The van der Waals surface area contributed by atoms with Gasteiger partial charge >= 0.3 is 0 Å². The highest BCUT2D eigenvalue weighted by atomic mass is 35.5. The van der Waals surface area contributed by atoms with Gasteiger partial charge in [-0.2, -0.15) is 0 Å². The van der Waals surface area contributed by atoms with E-state index < -0.39 is 108 Å². The number of carbonyl (C=O) groups excluding carboxylic acids is 9.